The van der Waals surface area contributed by atoms with E-state index < -0.39 is 0 Å². The van der Waals surface area contributed by atoms with Crippen molar-refractivity contribution in [2.45, 2.75) is 58.5 Å². The largest absolute Gasteiger partial charge is 0.393 e. The van der Waals surface area contributed by atoms with Crippen LogP contribution in [0.4, 0.5) is 0 Å². The summed E-state index contributed by atoms with van der Waals surface area (Å²) in [5.74, 6) is 1.58. The monoisotopic (exact) mass is 182 g/mol. The molecule has 0 heterocycles. The second-order valence-corrected chi connectivity index (χ2v) is 5.43. The van der Waals surface area contributed by atoms with E-state index >= 15 is 0 Å². The van der Waals surface area contributed by atoms with Gasteiger partial charge in [0.2, 0.25) is 0 Å². The van der Waals surface area contributed by atoms with E-state index in [2.05, 4.69) is 13.8 Å². The Hall–Kier alpha value is -0.0400. The lowest BCUT2D eigenvalue weighted by Gasteiger charge is -2.51. The molecule has 0 saturated heterocycles. The first-order valence-corrected chi connectivity index (χ1v) is 5.83. The number of hydrogen-bond donors (Lipinski definition) is 1. The Labute approximate surface area is 81.5 Å². The van der Waals surface area contributed by atoms with Gasteiger partial charge in [0.15, 0.2) is 0 Å². The van der Waals surface area contributed by atoms with E-state index in [9.17, 15) is 5.11 Å². The van der Waals surface area contributed by atoms with Crippen molar-refractivity contribution in [3.05, 3.63) is 0 Å². The first-order valence-electron chi connectivity index (χ1n) is 5.83. The van der Waals surface area contributed by atoms with Gasteiger partial charge in [-0.05, 0) is 36.5 Å². The third-order valence-corrected chi connectivity index (χ3v) is 4.59. The molecule has 1 heteroatoms. The first kappa shape index (κ1) is 9.51. The minimum atomic E-state index is 0.0167. The smallest absolute Gasteiger partial charge is 0.0599 e. The Balaban J connectivity index is 2.13. The predicted molar refractivity (Wildman–Crippen MR) is 54.5 cm³/mol. The molecule has 1 nitrogen and oxygen atoms in total. The molecule has 76 valence electrons. The average Bonchev–Trinajstić information content (AvgIpc) is 2.25. The van der Waals surface area contributed by atoms with Crippen LogP contribution in [0.25, 0.3) is 0 Å². The molecule has 4 atom stereocenters. The van der Waals surface area contributed by atoms with E-state index in [0.717, 1.165) is 18.3 Å². The van der Waals surface area contributed by atoms with Crippen LogP contribution >= 0.6 is 0 Å². The third-order valence-electron chi connectivity index (χ3n) is 4.59. The Morgan fingerprint density at radius 2 is 1.92 bits per heavy atom. The maximum absolute atomic E-state index is 9.94. The zero-order valence-electron chi connectivity index (χ0n) is 8.92. The number of rotatable bonds is 0. The van der Waals surface area contributed by atoms with Gasteiger partial charge in [-0.2, -0.15) is 0 Å². The van der Waals surface area contributed by atoms with Gasteiger partial charge in [0, 0.05) is 0 Å². The van der Waals surface area contributed by atoms with Crippen LogP contribution in [0.3, 0.4) is 0 Å². The normalized spacial score (nSPS) is 51.5. The van der Waals surface area contributed by atoms with Crippen LogP contribution in [0.15, 0.2) is 0 Å². The van der Waals surface area contributed by atoms with Crippen molar-refractivity contribution < 1.29 is 5.11 Å². The maximum Gasteiger partial charge on any atom is 0.0599 e. The fourth-order valence-corrected chi connectivity index (χ4v) is 3.47. The highest BCUT2D eigenvalue weighted by Crippen LogP contribution is 2.54. The molecule has 4 unspecified atom stereocenters. The molecule has 2 saturated carbocycles. The molecule has 0 aliphatic heterocycles. The van der Waals surface area contributed by atoms with Gasteiger partial charge < -0.3 is 5.11 Å². The average molecular weight is 182 g/mol. The second-order valence-electron chi connectivity index (χ2n) is 5.43. The summed E-state index contributed by atoms with van der Waals surface area (Å²) in [7, 11) is 0. The summed E-state index contributed by atoms with van der Waals surface area (Å²) in [5.41, 5.74) is 0.329. The molecular weight excluding hydrogens is 160 g/mol. The SMILES string of the molecule is CC1CCCC(C)C2(CCC2O)C1. The van der Waals surface area contributed by atoms with Gasteiger partial charge in [0.1, 0.15) is 0 Å². The molecule has 2 aliphatic carbocycles. The van der Waals surface area contributed by atoms with Gasteiger partial charge in [-0.15, -0.1) is 0 Å². The van der Waals surface area contributed by atoms with E-state index in [-0.39, 0.29) is 6.10 Å². The first-order chi connectivity index (χ1) is 6.15. The molecule has 0 radical (unpaired) electrons. The summed E-state index contributed by atoms with van der Waals surface area (Å²) in [6.07, 6.45) is 7.70. The Kier molecular flexibility index (Phi) is 2.39. The summed E-state index contributed by atoms with van der Waals surface area (Å²) >= 11 is 0. The van der Waals surface area contributed by atoms with Crippen molar-refractivity contribution in [2.24, 2.45) is 17.3 Å². The fraction of sp³-hybridized carbons (Fsp3) is 1.00. The Bertz CT molecular complexity index is 190. The van der Waals surface area contributed by atoms with Crippen molar-refractivity contribution in [3.8, 4) is 0 Å². The molecule has 0 bridgehead atoms. The van der Waals surface area contributed by atoms with E-state index in [1.807, 2.05) is 0 Å². The van der Waals surface area contributed by atoms with Crippen molar-refractivity contribution in [1.29, 1.82) is 0 Å². The topological polar surface area (TPSA) is 20.2 Å². The van der Waals surface area contributed by atoms with Crippen LogP contribution in [-0.2, 0) is 0 Å². The zero-order chi connectivity index (χ0) is 9.47. The molecule has 0 amide bonds. The minimum Gasteiger partial charge on any atom is -0.393 e. The summed E-state index contributed by atoms with van der Waals surface area (Å²) in [6.45, 7) is 4.70. The Morgan fingerprint density at radius 3 is 2.46 bits per heavy atom. The van der Waals surface area contributed by atoms with Gasteiger partial charge in [-0.1, -0.05) is 33.1 Å². The molecule has 1 N–H and O–H groups in total. The van der Waals surface area contributed by atoms with E-state index in [0.29, 0.717) is 5.41 Å². The van der Waals surface area contributed by atoms with Crippen LogP contribution < -0.4 is 0 Å². The summed E-state index contributed by atoms with van der Waals surface area (Å²) in [5, 5.41) is 9.94. The molecule has 2 fully saturated rings. The number of aliphatic hydroxyl groups excluding tert-OH is 1. The lowest BCUT2D eigenvalue weighted by molar-refractivity contribution is -0.109. The molecular formula is C12H22O. The van der Waals surface area contributed by atoms with Crippen LogP contribution in [0.5, 0.6) is 0 Å². The predicted octanol–water partition coefficient (Wildman–Crippen LogP) is 2.97. The second kappa shape index (κ2) is 3.27. The Morgan fingerprint density at radius 1 is 1.15 bits per heavy atom. The third kappa shape index (κ3) is 1.41. The number of aliphatic hydroxyl groups is 1. The number of hydrogen-bond acceptors (Lipinski definition) is 1. The van der Waals surface area contributed by atoms with Crippen molar-refractivity contribution in [1.82, 2.24) is 0 Å². The highest BCUT2D eigenvalue weighted by Gasteiger charge is 2.50. The molecule has 0 aromatic carbocycles. The van der Waals surface area contributed by atoms with Crippen LogP contribution in [0.2, 0.25) is 0 Å². The summed E-state index contributed by atoms with van der Waals surface area (Å²) < 4.78 is 0. The maximum atomic E-state index is 9.94. The summed E-state index contributed by atoms with van der Waals surface area (Å²) in [6, 6.07) is 0. The molecule has 2 rings (SSSR count). The van der Waals surface area contributed by atoms with Crippen molar-refractivity contribution >= 4 is 0 Å². The lowest BCUT2D eigenvalue weighted by Crippen LogP contribution is -2.49. The summed E-state index contributed by atoms with van der Waals surface area (Å²) in [4.78, 5) is 0. The van der Waals surface area contributed by atoms with Gasteiger partial charge in [0.25, 0.3) is 0 Å². The highest BCUT2D eigenvalue weighted by molar-refractivity contribution is 5.00. The molecule has 1 spiro atoms. The highest BCUT2D eigenvalue weighted by atomic mass is 16.3. The van der Waals surface area contributed by atoms with E-state index in [4.69, 9.17) is 0 Å². The van der Waals surface area contributed by atoms with Crippen LogP contribution in [-0.4, -0.2) is 11.2 Å². The van der Waals surface area contributed by atoms with Gasteiger partial charge in [-0.3, -0.25) is 0 Å². The molecule has 0 aromatic rings. The van der Waals surface area contributed by atoms with Gasteiger partial charge in [-0.25, -0.2) is 0 Å². The molecule has 13 heavy (non-hydrogen) atoms. The lowest BCUT2D eigenvalue weighted by atomic mass is 9.56. The quantitative estimate of drug-likeness (QED) is 0.610. The van der Waals surface area contributed by atoms with E-state index in [1.54, 1.807) is 0 Å². The van der Waals surface area contributed by atoms with Gasteiger partial charge >= 0.3 is 0 Å². The van der Waals surface area contributed by atoms with Gasteiger partial charge in [0.05, 0.1) is 6.10 Å². The van der Waals surface area contributed by atoms with Crippen molar-refractivity contribution in [2.75, 3.05) is 0 Å². The van der Waals surface area contributed by atoms with Crippen LogP contribution in [0, 0.1) is 17.3 Å². The zero-order valence-corrected chi connectivity index (χ0v) is 8.92. The van der Waals surface area contributed by atoms with Crippen molar-refractivity contribution in [3.63, 3.8) is 0 Å². The standard InChI is InChI=1S/C12H22O/c1-9-4-3-5-10(2)12(8-9)7-6-11(12)13/h9-11,13H,3-8H2,1-2H3. The molecule has 2 aliphatic rings. The molecule has 0 aromatic heterocycles. The van der Waals surface area contributed by atoms with Crippen LogP contribution in [0.1, 0.15) is 52.4 Å². The fourth-order valence-electron chi connectivity index (χ4n) is 3.47. The minimum absolute atomic E-state index is 0.0167. The van der Waals surface area contributed by atoms with E-state index in [1.165, 1.54) is 32.1 Å².